The molecule has 8 heteroatoms. The van der Waals surface area contributed by atoms with Gasteiger partial charge in [0.05, 0.1) is 24.6 Å². The molecular formula is C23H16ClNO6. The lowest BCUT2D eigenvalue weighted by Gasteiger charge is -2.19. The van der Waals surface area contributed by atoms with Gasteiger partial charge < -0.3 is 23.6 Å². The molecule has 1 aliphatic rings. The molecule has 2 aromatic carbocycles. The summed E-state index contributed by atoms with van der Waals surface area (Å²) in [5.41, 5.74) is 1.65. The van der Waals surface area contributed by atoms with E-state index < -0.39 is 5.97 Å². The van der Waals surface area contributed by atoms with Gasteiger partial charge in [0.1, 0.15) is 5.69 Å². The first-order valence-corrected chi connectivity index (χ1v) is 9.87. The summed E-state index contributed by atoms with van der Waals surface area (Å²) in [6, 6.07) is 12.0. The number of fused-ring (bicyclic) bond motifs is 2. The molecule has 0 saturated heterocycles. The number of carboxylic acids is 1. The van der Waals surface area contributed by atoms with Crippen LogP contribution in [0.2, 0.25) is 5.02 Å². The van der Waals surface area contributed by atoms with Gasteiger partial charge in [-0.1, -0.05) is 23.7 Å². The molecule has 0 radical (unpaired) electrons. The molecule has 2 aromatic heterocycles. The fourth-order valence-electron chi connectivity index (χ4n) is 3.88. The second-order valence-electron chi connectivity index (χ2n) is 7.17. The molecule has 156 valence electrons. The van der Waals surface area contributed by atoms with Crippen LogP contribution < -0.4 is 14.9 Å². The summed E-state index contributed by atoms with van der Waals surface area (Å²) >= 11 is 6.46. The second-order valence-corrected chi connectivity index (χ2v) is 7.58. The topological polar surface area (TPSA) is 90.9 Å². The van der Waals surface area contributed by atoms with E-state index in [4.69, 9.17) is 25.5 Å². The van der Waals surface area contributed by atoms with E-state index in [0.717, 1.165) is 0 Å². The van der Waals surface area contributed by atoms with E-state index in [1.807, 2.05) is 0 Å². The summed E-state index contributed by atoms with van der Waals surface area (Å²) in [6.45, 7) is 0.238. The number of pyridine rings is 1. The van der Waals surface area contributed by atoms with Crippen LogP contribution in [0.1, 0.15) is 27.2 Å². The van der Waals surface area contributed by atoms with Gasteiger partial charge >= 0.3 is 5.97 Å². The van der Waals surface area contributed by atoms with Crippen LogP contribution in [0.5, 0.6) is 11.5 Å². The first-order chi connectivity index (χ1) is 15.0. The lowest BCUT2D eigenvalue weighted by atomic mass is 10.0. The van der Waals surface area contributed by atoms with Crippen molar-refractivity contribution in [2.24, 2.45) is 0 Å². The molecule has 0 spiro atoms. The van der Waals surface area contributed by atoms with E-state index >= 15 is 0 Å². The molecule has 0 aliphatic carbocycles. The number of halogens is 1. The molecule has 31 heavy (non-hydrogen) atoms. The van der Waals surface area contributed by atoms with Gasteiger partial charge in [-0.25, -0.2) is 4.79 Å². The fraction of sp³-hybridized carbons (Fsp3) is 0.130. The largest absolute Gasteiger partial charge is 0.477 e. The van der Waals surface area contributed by atoms with E-state index in [0.29, 0.717) is 38.6 Å². The van der Waals surface area contributed by atoms with Crippen molar-refractivity contribution in [1.82, 2.24) is 4.57 Å². The SMILES string of the molecule is O=C(O)c1c(Cc2ccoc2)c(=O)c2ccccc2n1Cc1cc2c(cc1Cl)OCO2. The number of ether oxygens (including phenoxy) is 2. The number of carbonyl (C=O) groups is 1. The summed E-state index contributed by atoms with van der Waals surface area (Å²) in [6.07, 6.45) is 3.12. The Morgan fingerprint density at radius 3 is 2.65 bits per heavy atom. The van der Waals surface area contributed by atoms with Gasteiger partial charge in [0, 0.05) is 28.5 Å². The van der Waals surface area contributed by atoms with Crippen molar-refractivity contribution < 1.29 is 23.8 Å². The normalized spacial score (nSPS) is 12.4. The van der Waals surface area contributed by atoms with Crippen molar-refractivity contribution >= 4 is 28.5 Å². The number of hydrogen-bond acceptors (Lipinski definition) is 5. The number of rotatable bonds is 5. The van der Waals surface area contributed by atoms with Gasteiger partial charge in [-0.3, -0.25) is 4.79 Å². The zero-order chi connectivity index (χ0) is 21.5. The number of aromatic carboxylic acids is 1. The van der Waals surface area contributed by atoms with Crippen molar-refractivity contribution in [3.63, 3.8) is 0 Å². The van der Waals surface area contributed by atoms with Crippen LogP contribution in [-0.4, -0.2) is 22.4 Å². The van der Waals surface area contributed by atoms with Crippen molar-refractivity contribution in [2.45, 2.75) is 13.0 Å². The Kier molecular flexibility index (Phi) is 4.67. The molecule has 1 N–H and O–H groups in total. The molecule has 0 saturated carbocycles. The molecule has 0 bridgehead atoms. The van der Waals surface area contributed by atoms with E-state index in [-0.39, 0.29) is 36.4 Å². The molecule has 3 heterocycles. The molecule has 1 aliphatic heterocycles. The molecule has 0 unspecified atom stereocenters. The second kappa shape index (κ2) is 7.52. The van der Waals surface area contributed by atoms with Crippen LogP contribution >= 0.6 is 11.6 Å². The number of benzene rings is 2. The Hall–Kier alpha value is -3.71. The summed E-state index contributed by atoms with van der Waals surface area (Å²) in [4.78, 5) is 25.6. The van der Waals surface area contributed by atoms with Crippen LogP contribution in [0.15, 0.2) is 64.2 Å². The van der Waals surface area contributed by atoms with Crippen LogP contribution in [0.25, 0.3) is 10.9 Å². The minimum atomic E-state index is -1.20. The number of nitrogens with zero attached hydrogens (tertiary/aromatic N) is 1. The fourth-order valence-corrected chi connectivity index (χ4v) is 4.09. The van der Waals surface area contributed by atoms with Crippen LogP contribution in [0.4, 0.5) is 0 Å². The number of aromatic nitrogens is 1. The van der Waals surface area contributed by atoms with Crippen molar-refractivity contribution in [3.8, 4) is 11.5 Å². The number of carboxylic acid groups (broad SMARTS) is 1. The van der Waals surface area contributed by atoms with E-state index in [1.165, 1.54) is 12.5 Å². The highest BCUT2D eigenvalue weighted by atomic mass is 35.5. The first kappa shape index (κ1) is 19.3. The number of para-hydroxylation sites is 1. The third-order valence-electron chi connectivity index (χ3n) is 5.30. The van der Waals surface area contributed by atoms with Gasteiger partial charge in [0.2, 0.25) is 6.79 Å². The lowest BCUT2D eigenvalue weighted by molar-refractivity contribution is 0.0684. The molecular weight excluding hydrogens is 422 g/mol. The van der Waals surface area contributed by atoms with Crippen molar-refractivity contribution in [1.29, 1.82) is 0 Å². The third kappa shape index (κ3) is 3.33. The van der Waals surface area contributed by atoms with Gasteiger partial charge in [-0.15, -0.1) is 0 Å². The Bertz CT molecular complexity index is 1370. The molecule has 0 atom stereocenters. The van der Waals surface area contributed by atoms with Crippen LogP contribution in [-0.2, 0) is 13.0 Å². The highest BCUT2D eigenvalue weighted by Gasteiger charge is 2.24. The third-order valence-corrected chi connectivity index (χ3v) is 5.65. The molecule has 5 rings (SSSR count). The van der Waals surface area contributed by atoms with E-state index in [2.05, 4.69) is 0 Å². The van der Waals surface area contributed by atoms with E-state index in [9.17, 15) is 14.7 Å². The number of furan rings is 1. The quantitative estimate of drug-likeness (QED) is 0.500. The summed E-state index contributed by atoms with van der Waals surface area (Å²) in [7, 11) is 0. The maximum absolute atomic E-state index is 13.2. The molecule has 0 amide bonds. The minimum Gasteiger partial charge on any atom is -0.477 e. The summed E-state index contributed by atoms with van der Waals surface area (Å²) in [5.74, 6) is -0.115. The highest BCUT2D eigenvalue weighted by molar-refractivity contribution is 6.31. The van der Waals surface area contributed by atoms with Gasteiger partial charge in [0.15, 0.2) is 16.9 Å². The molecule has 7 nitrogen and oxygen atoms in total. The van der Waals surface area contributed by atoms with Gasteiger partial charge in [-0.05, 0) is 35.4 Å². The number of hydrogen-bond donors (Lipinski definition) is 1. The smallest absolute Gasteiger partial charge is 0.352 e. The minimum absolute atomic E-state index is 0.0846. The molecule has 0 fully saturated rings. The first-order valence-electron chi connectivity index (χ1n) is 9.49. The summed E-state index contributed by atoms with van der Waals surface area (Å²) < 4.78 is 17.5. The zero-order valence-corrected chi connectivity index (χ0v) is 16.9. The van der Waals surface area contributed by atoms with Crippen molar-refractivity contribution in [3.05, 3.63) is 92.6 Å². The van der Waals surface area contributed by atoms with Gasteiger partial charge in [-0.2, -0.15) is 0 Å². The van der Waals surface area contributed by atoms with E-state index in [1.54, 1.807) is 47.0 Å². The Morgan fingerprint density at radius 1 is 1.13 bits per heavy atom. The Balaban J connectivity index is 1.75. The maximum Gasteiger partial charge on any atom is 0.352 e. The average Bonchev–Trinajstić information content (AvgIpc) is 3.43. The lowest BCUT2D eigenvalue weighted by Crippen LogP contribution is -2.25. The molecule has 4 aromatic rings. The van der Waals surface area contributed by atoms with Gasteiger partial charge in [0.25, 0.3) is 0 Å². The highest BCUT2D eigenvalue weighted by Crippen LogP contribution is 2.37. The predicted molar refractivity (Wildman–Crippen MR) is 113 cm³/mol. The standard InChI is InChI=1S/C23H16ClNO6/c24-17-9-20-19(30-12-31-20)8-14(17)10-25-18-4-2-1-3-15(18)22(26)16(21(25)23(27)28)7-13-5-6-29-11-13/h1-6,8-9,11H,7,10,12H2,(H,27,28). The monoisotopic (exact) mass is 437 g/mol. The predicted octanol–water partition coefficient (Wildman–Crippen LogP) is 4.31. The summed E-state index contributed by atoms with van der Waals surface area (Å²) in [5, 5.41) is 11.0. The zero-order valence-electron chi connectivity index (χ0n) is 16.1. The van der Waals surface area contributed by atoms with Crippen LogP contribution in [0, 0.1) is 0 Å². The van der Waals surface area contributed by atoms with Crippen LogP contribution in [0.3, 0.4) is 0 Å². The Labute approximate surface area is 181 Å². The maximum atomic E-state index is 13.2. The Morgan fingerprint density at radius 2 is 1.90 bits per heavy atom. The van der Waals surface area contributed by atoms with Crippen molar-refractivity contribution in [2.75, 3.05) is 6.79 Å². The average molecular weight is 438 g/mol.